The zero-order valence-corrected chi connectivity index (χ0v) is 12.2. The second kappa shape index (κ2) is 8.00. The van der Waals surface area contributed by atoms with E-state index in [1.807, 2.05) is 6.92 Å². The number of nitro benzene ring substituents is 1. The van der Waals surface area contributed by atoms with Gasteiger partial charge in [0.25, 0.3) is 0 Å². The summed E-state index contributed by atoms with van der Waals surface area (Å²) in [5.74, 6) is 0.289. The molecule has 0 saturated heterocycles. The average Bonchev–Trinajstić information content (AvgIpc) is 2.36. The first kappa shape index (κ1) is 15.8. The molecule has 0 saturated carbocycles. The van der Waals surface area contributed by atoms with E-state index in [4.69, 9.17) is 16.3 Å². The van der Waals surface area contributed by atoms with Gasteiger partial charge in [-0.25, -0.2) is 0 Å². The van der Waals surface area contributed by atoms with Gasteiger partial charge in [-0.1, -0.05) is 37.8 Å². The SMILES string of the molecule is CCCCCC[C@H](C)Oc1ccc(Cl)cc1[N+](=O)[O-]. The fourth-order valence-electron chi connectivity index (χ4n) is 1.87. The van der Waals surface area contributed by atoms with Crippen LogP contribution < -0.4 is 4.74 Å². The van der Waals surface area contributed by atoms with Crippen molar-refractivity contribution in [3.05, 3.63) is 33.3 Å². The fraction of sp³-hybridized carbons (Fsp3) is 0.571. The lowest BCUT2D eigenvalue weighted by Crippen LogP contribution is -2.12. The van der Waals surface area contributed by atoms with Crippen molar-refractivity contribution in [3.63, 3.8) is 0 Å². The number of ether oxygens (including phenoxy) is 1. The molecular weight excluding hydrogens is 266 g/mol. The standard InChI is InChI=1S/C14H20ClNO3/c1-3-4-5-6-7-11(2)19-14-9-8-12(15)10-13(14)16(17)18/h8-11H,3-7H2,1-2H3/t11-/m0/s1. The van der Waals surface area contributed by atoms with Crippen LogP contribution in [0.25, 0.3) is 0 Å². The summed E-state index contributed by atoms with van der Waals surface area (Å²) in [6.45, 7) is 4.10. The maximum Gasteiger partial charge on any atom is 0.312 e. The topological polar surface area (TPSA) is 52.4 Å². The fourth-order valence-corrected chi connectivity index (χ4v) is 2.03. The molecule has 0 aliphatic rings. The number of halogens is 1. The van der Waals surface area contributed by atoms with E-state index in [1.165, 1.54) is 25.3 Å². The van der Waals surface area contributed by atoms with Gasteiger partial charge in [0.05, 0.1) is 11.0 Å². The number of benzene rings is 1. The number of unbranched alkanes of at least 4 members (excludes halogenated alkanes) is 3. The summed E-state index contributed by atoms with van der Waals surface area (Å²) in [5.41, 5.74) is -0.0760. The van der Waals surface area contributed by atoms with Crippen LogP contribution in [0.5, 0.6) is 5.75 Å². The predicted molar refractivity (Wildman–Crippen MR) is 77.0 cm³/mol. The van der Waals surface area contributed by atoms with Crippen LogP contribution in [-0.2, 0) is 0 Å². The van der Waals surface area contributed by atoms with Crippen molar-refractivity contribution in [2.75, 3.05) is 0 Å². The minimum atomic E-state index is -0.467. The molecule has 0 bridgehead atoms. The molecule has 1 atom stereocenters. The first-order chi connectivity index (χ1) is 9.04. The average molecular weight is 286 g/mol. The molecule has 0 radical (unpaired) electrons. The van der Waals surface area contributed by atoms with Crippen LogP contribution in [0.15, 0.2) is 18.2 Å². The molecule has 0 aliphatic carbocycles. The van der Waals surface area contributed by atoms with Gasteiger partial charge < -0.3 is 4.74 Å². The summed E-state index contributed by atoms with van der Waals surface area (Å²) in [6, 6.07) is 4.48. The van der Waals surface area contributed by atoms with Crippen LogP contribution in [0.2, 0.25) is 5.02 Å². The van der Waals surface area contributed by atoms with Crippen LogP contribution in [0.1, 0.15) is 46.0 Å². The summed E-state index contributed by atoms with van der Waals surface area (Å²) in [7, 11) is 0. The van der Waals surface area contributed by atoms with Gasteiger partial charge in [-0.2, -0.15) is 0 Å². The third kappa shape index (κ3) is 5.47. The van der Waals surface area contributed by atoms with E-state index in [-0.39, 0.29) is 17.5 Å². The second-order valence-corrected chi connectivity index (χ2v) is 5.08. The van der Waals surface area contributed by atoms with Crippen molar-refractivity contribution in [1.29, 1.82) is 0 Å². The van der Waals surface area contributed by atoms with Crippen LogP contribution >= 0.6 is 11.6 Å². The highest BCUT2D eigenvalue weighted by Gasteiger charge is 2.17. The highest BCUT2D eigenvalue weighted by molar-refractivity contribution is 6.30. The number of rotatable bonds is 8. The predicted octanol–water partition coefficient (Wildman–Crippen LogP) is 4.99. The highest BCUT2D eigenvalue weighted by atomic mass is 35.5. The van der Waals surface area contributed by atoms with Crippen LogP contribution in [0.3, 0.4) is 0 Å². The van der Waals surface area contributed by atoms with E-state index >= 15 is 0 Å². The zero-order chi connectivity index (χ0) is 14.3. The molecule has 0 aliphatic heterocycles. The molecule has 0 heterocycles. The van der Waals surface area contributed by atoms with Gasteiger partial charge in [0.1, 0.15) is 0 Å². The number of hydrogen-bond donors (Lipinski definition) is 0. The zero-order valence-electron chi connectivity index (χ0n) is 11.4. The van der Waals surface area contributed by atoms with Crippen molar-refractivity contribution in [3.8, 4) is 5.75 Å². The van der Waals surface area contributed by atoms with E-state index in [1.54, 1.807) is 12.1 Å². The highest BCUT2D eigenvalue weighted by Crippen LogP contribution is 2.31. The quantitative estimate of drug-likeness (QED) is 0.384. The monoisotopic (exact) mass is 285 g/mol. The Kier molecular flexibility index (Phi) is 6.64. The second-order valence-electron chi connectivity index (χ2n) is 4.65. The van der Waals surface area contributed by atoms with Crippen LogP contribution in [0.4, 0.5) is 5.69 Å². The van der Waals surface area contributed by atoms with E-state index in [2.05, 4.69) is 6.92 Å². The van der Waals surface area contributed by atoms with E-state index in [0.717, 1.165) is 12.8 Å². The minimum absolute atomic E-state index is 0.0308. The lowest BCUT2D eigenvalue weighted by atomic mass is 10.1. The molecule has 1 aromatic carbocycles. The first-order valence-electron chi connectivity index (χ1n) is 6.65. The molecule has 0 fully saturated rings. The summed E-state index contributed by atoms with van der Waals surface area (Å²) in [4.78, 5) is 10.5. The van der Waals surface area contributed by atoms with E-state index < -0.39 is 4.92 Å². The maximum absolute atomic E-state index is 10.9. The van der Waals surface area contributed by atoms with Gasteiger partial charge in [-0.3, -0.25) is 10.1 Å². The number of nitrogens with zero attached hydrogens (tertiary/aromatic N) is 1. The maximum atomic E-state index is 10.9. The third-order valence-electron chi connectivity index (χ3n) is 2.91. The minimum Gasteiger partial charge on any atom is -0.484 e. The Labute approximate surface area is 118 Å². The van der Waals surface area contributed by atoms with Crippen molar-refractivity contribution in [2.24, 2.45) is 0 Å². The van der Waals surface area contributed by atoms with Gasteiger partial charge >= 0.3 is 5.69 Å². The molecule has 0 spiro atoms. The van der Waals surface area contributed by atoms with E-state index in [0.29, 0.717) is 5.02 Å². The molecule has 0 amide bonds. The summed E-state index contributed by atoms with van der Waals surface area (Å²) in [5, 5.41) is 11.3. The summed E-state index contributed by atoms with van der Waals surface area (Å²) >= 11 is 5.76. The smallest absolute Gasteiger partial charge is 0.312 e. The molecule has 0 unspecified atom stereocenters. The molecule has 1 aromatic rings. The molecular formula is C14H20ClNO3. The molecule has 106 valence electrons. The van der Waals surface area contributed by atoms with Gasteiger partial charge in [0.15, 0.2) is 5.75 Å². The Hall–Kier alpha value is -1.29. The lowest BCUT2D eigenvalue weighted by molar-refractivity contribution is -0.386. The lowest BCUT2D eigenvalue weighted by Gasteiger charge is -2.14. The van der Waals surface area contributed by atoms with Crippen molar-refractivity contribution >= 4 is 17.3 Å². The summed E-state index contributed by atoms with van der Waals surface area (Å²) < 4.78 is 5.64. The van der Waals surface area contributed by atoms with E-state index in [9.17, 15) is 10.1 Å². The van der Waals surface area contributed by atoms with Crippen LogP contribution in [-0.4, -0.2) is 11.0 Å². The third-order valence-corrected chi connectivity index (χ3v) is 3.15. The Morgan fingerprint density at radius 3 is 2.74 bits per heavy atom. The Morgan fingerprint density at radius 2 is 2.11 bits per heavy atom. The van der Waals surface area contributed by atoms with Crippen molar-refractivity contribution in [2.45, 2.75) is 52.1 Å². The molecule has 4 nitrogen and oxygen atoms in total. The van der Waals surface area contributed by atoms with Gasteiger partial charge in [-0.05, 0) is 31.9 Å². The Balaban J connectivity index is 2.58. The molecule has 0 aromatic heterocycles. The van der Waals surface area contributed by atoms with Gasteiger partial charge in [-0.15, -0.1) is 0 Å². The molecule has 0 N–H and O–H groups in total. The van der Waals surface area contributed by atoms with Gasteiger partial charge in [0.2, 0.25) is 0 Å². The van der Waals surface area contributed by atoms with Crippen molar-refractivity contribution in [1.82, 2.24) is 0 Å². The Morgan fingerprint density at radius 1 is 1.37 bits per heavy atom. The number of nitro groups is 1. The van der Waals surface area contributed by atoms with Gasteiger partial charge in [0, 0.05) is 11.1 Å². The number of hydrogen-bond acceptors (Lipinski definition) is 3. The molecule has 5 heteroatoms. The van der Waals surface area contributed by atoms with Crippen LogP contribution in [0, 0.1) is 10.1 Å². The Bertz CT molecular complexity index is 423. The normalized spacial score (nSPS) is 12.2. The summed E-state index contributed by atoms with van der Waals surface area (Å²) in [6.07, 6.45) is 5.53. The largest absolute Gasteiger partial charge is 0.484 e. The molecule has 19 heavy (non-hydrogen) atoms. The van der Waals surface area contributed by atoms with Crippen molar-refractivity contribution < 1.29 is 9.66 Å². The molecule has 1 rings (SSSR count). The first-order valence-corrected chi connectivity index (χ1v) is 7.03.